The molecule has 4 nitrogen and oxygen atoms in total. The van der Waals surface area contributed by atoms with Crippen LogP contribution in [0.4, 0.5) is 4.39 Å². The number of carboxylic acid groups (broad SMARTS) is 1. The van der Waals surface area contributed by atoms with Crippen LogP contribution in [0.25, 0.3) is 0 Å². The summed E-state index contributed by atoms with van der Waals surface area (Å²) in [5.74, 6) is -1.73. The molecule has 96 valence electrons. The topological polar surface area (TPSA) is 66.4 Å². The van der Waals surface area contributed by atoms with Crippen LogP contribution in [0.5, 0.6) is 0 Å². The number of amides is 1. The molecule has 0 aromatic heterocycles. The molecule has 2 N–H and O–H groups in total. The first-order valence-corrected chi connectivity index (χ1v) is 5.77. The van der Waals surface area contributed by atoms with Gasteiger partial charge < -0.3 is 10.4 Å². The van der Waals surface area contributed by atoms with E-state index < -0.39 is 12.0 Å². The van der Waals surface area contributed by atoms with Crippen molar-refractivity contribution in [1.82, 2.24) is 5.32 Å². The highest BCUT2D eigenvalue weighted by Crippen LogP contribution is 2.47. The van der Waals surface area contributed by atoms with E-state index in [-0.39, 0.29) is 23.6 Å². The Morgan fingerprint density at radius 2 is 2.00 bits per heavy atom. The van der Waals surface area contributed by atoms with Crippen molar-refractivity contribution in [1.29, 1.82) is 0 Å². The maximum absolute atomic E-state index is 12.7. The highest BCUT2D eigenvalue weighted by atomic mass is 19.1. The van der Waals surface area contributed by atoms with Gasteiger partial charge in [-0.1, -0.05) is 12.1 Å². The third-order valence-corrected chi connectivity index (χ3v) is 3.15. The molecule has 1 aromatic carbocycles. The van der Waals surface area contributed by atoms with Crippen molar-refractivity contribution < 1.29 is 19.1 Å². The van der Waals surface area contributed by atoms with Gasteiger partial charge in [0.25, 0.3) is 0 Å². The van der Waals surface area contributed by atoms with Crippen LogP contribution >= 0.6 is 0 Å². The number of carbonyl (C=O) groups excluding carboxylic acids is 1. The molecule has 0 radical (unpaired) electrons. The van der Waals surface area contributed by atoms with E-state index >= 15 is 0 Å². The molecule has 18 heavy (non-hydrogen) atoms. The number of benzene rings is 1. The zero-order valence-corrected chi connectivity index (χ0v) is 9.89. The molecule has 0 bridgehead atoms. The second-order valence-electron chi connectivity index (χ2n) is 4.57. The zero-order valence-electron chi connectivity index (χ0n) is 9.89. The average molecular weight is 251 g/mol. The standard InChI is InChI=1S/C13H14FNO3/c1-7(13(17)18)15-12(16)11-6-10(11)8-2-4-9(14)5-3-8/h2-5,7,10-11H,6H2,1H3,(H,15,16)(H,17,18). The summed E-state index contributed by atoms with van der Waals surface area (Å²) < 4.78 is 12.7. The van der Waals surface area contributed by atoms with E-state index in [1.807, 2.05) is 0 Å². The molecule has 1 fully saturated rings. The maximum atomic E-state index is 12.7. The molecule has 1 amide bonds. The van der Waals surface area contributed by atoms with Crippen LogP contribution in [0.15, 0.2) is 24.3 Å². The van der Waals surface area contributed by atoms with Gasteiger partial charge in [0.2, 0.25) is 5.91 Å². The van der Waals surface area contributed by atoms with E-state index in [1.54, 1.807) is 12.1 Å². The van der Waals surface area contributed by atoms with Crippen molar-refractivity contribution in [2.75, 3.05) is 0 Å². The van der Waals surface area contributed by atoms with Crippen molar-refractivity contribution in [3.63, 3.8) is 0 Å². The van der Waals surface area contributed by atoms with Gasteiger partial charge in [0.1, 0.15) is 11.9 Å². The summed E-state index contributed by atoms with van der Waals surface area (Å²) in [5, 5.41) is 11.1. The molecule has 1 saturated carbocycles. The van der Waals surface area contributed by atoms with E-state index in [0.717, 1.165) is 5.56 Å². The number of halogens is 1. The minimum atomic E-state index is -1.05. The number of nitrogens with one attached hydrogen (secondary N) is 1. The summed E-state index contributed by atoms with van der Waals surface area (Å²) in [6, 6.07) is 5.17. The van der Waals surface area contributed by atoms with E-state index in [4.69, 9.17) is 5.11 Å². The number of hydrogen-bond acceptors (Lipinski definition) is 2. The molecular formula is C13H14FNO3. The van der Waals surface area contributed by atoms with Crippen LogP contribution in [-0.4, -0.2) is 23.0 Å². The van der Waals surface area contributed by atoms with Crippen molar-refractivity contribution in [2.45, 2.75) is 25.3 Å². The Morgan fingerprint density at radius 3 is 2.56 bits per heavy atom. The van der Waals surface area contributed by atoms with E-state index in [1.165, 1.54) is 19.1 Å². The van der Waals surface area contributed by atoms with Crippen LogP contribution in [-0.2, 0) is 9.59 Å². The lowest BCUT2D eigenvalue weighted by Crippen LogP contribution is -2.39. The Bertz CT molecular complexity index is 472. The number of carboxylic acids is 1. The summed E-state index contributed by atoms with van der Waals surface area (Å²) in [5.41, 5.74) is 0.916. The summed E-state index contributed by atoms with van der Waals surface area (Å²) >= 11 is 0. The Kier molecular flexibility index (Phi) is 3.32. The number of aliphatic carboxylic acids is 1. The molecule has 0 aliphatic heterocycles. The Balaban J connectivity index is 1.93. The second-order valence-corrected chi connectivity index (χ2v) is 4.57. The fraction of sp³-hybridized carbons (Fsp3) is 0.385. The lowest BCUT2D eigenvalue weighted by atomic mass is 10.1. The van der Waals surface area contributed by atoms with Crippen LogP contribution in [0, 0.1) is 11.7 Å². The largest absolute Gasteiger partial charge is 0.480 e. The van der Waals surface area contributed by atoms with Crippen molar-refractivity contribution in [3.8, 4) is 0 Å². The molecule has 2 rings (SSSR count). The van der Waals surface area contributed by atoms with Gasteiger partial charge in [0.15, 0.2) is 0 Å². The molecule has 0 spiro atoms. The van der Waals surface area contributed by atoms with Gasteiger partial charge in [-0.15, -0.1) is 0 Å². The van der Waals surface area contributed by atoms with Crippen molar-refractivity contribution in [2.24, 2.45) is 5.92 Å². The monoisotopic (exact) mass is 251 g/mol. The lowest BCUT2D eigenvalue weighted by molar-refractivity contribution is -0.141. The quantitative estimate of drug-likeness (QED) is 0.852. The molecule has 3 atom stereocenters. The second kappa shape index (κ2) is 4.76. The SMILES string of the molecule is CC(NC(=O)C1CC1c1ccc(F)cc1)C(=O)O. The predicted molar refractivity (Wildman–Crippen MR) is 62.5 cm³/mol. The normalized spacial score (nSPS) is 23.2. The van der Waals surface area contributed by atoms with Crippen LogP contribution < -0.4 is 5.32 Å². The minimum absolute atomic E-state index is 0.0756. The maximum Gasteiger partial charge on any atom is 0.325 e. The van der Waals surface area contributed by atoms with Gasteiger partial charge in [-0.05, 0) is 37.0 Å². The fourth-order valence-electron chi connectivity index (χ4n) is 1.95. The first-order valence-electron chi connectivity index (χ1n) is 5.77. The Morgan fingerprint density at radius 1 is 1.39 bits per heavy atom. The molecule has 3 unspecified atom stereocenters. The summed E-state index contributed by atoms with van der Waals surface area (Å²) in [4.78, 5) is 22.3. The van der Waals surface area contributed by atoms with Crippen molar-refractivity contribution >= 4 is 11.9 Å². The Labute approximate surface area is 104 Å². The minimum Gasteiger partial charge on any atom is -0.480 e. The number of rotatable bonds is 4. The van der Waals surface area contributed by atoms with Crippen LogP contribution in [0.3, 0.4) is 0 Å². The molecule has 1 aromatic rings. The van der Waals surface area contributed by atoms with Gasteiger partial charge in [0.05, 0.1) is 0 Å². The summed E-state index contributed by atoms with van der Waals surface area (Å²) in [6.45, 7) is 1.43. The first-order chi connectivity index (χ1) is 8.49. The van der Waals surface area contributed by atoms with Gasteiger partial charge >= 0.3 is 5.97 Å². The molecule has 1 aliphatic rings. The molecule has 0 saturated heterocycles. The van der Waals surface area contributed by atoms with Gasteiger partial charge in [-0.3, -0.25) is 9.59 Å². The third-order valence-electron chi connectivity index (χ3n) is 3.15. The Hall–Kier alpha value is -1.91. The molecule has 0 heterocycles. The highest BCUT2D eigenvalue weighted by molar-refractivity contribution is 5.87. The van der Waals surface area contributed by atoms with Gasteiger partial charge in [-0.2, -0.15) is 0 Å². The van der Waals surface area contributed by atoms with E-state index in [2.05, 4.69) is 5.32 Å². The summed E-state index contributed by atoms with van der Waals surface area (Å²) in [6.07, 6.45) is 0.684. The fourth-order valence-corrected chi connectivity index (χ4v) is 1.95. The lowest BCUT2D eigenvalue weighted by Gasteiger charge is -2.08. The zero-order chi connectivity index (χ0) is 13.3. The van der Waals surface area contributed by atoms with E-state index in [0.29, 0.717) is 6.42 Å². The van der Waals surface area contributed by atoms with Gasteiger partial charge in [0, 0.05) is 5.92 Å². The van der Waals surface area contributed by atoms with Crippen LogP contribution in [0.1, 0.15) is 24.8 Å². The van der Waals surface area contributed by atoms with Crippen LogP contribution in [0.2, 0.25) is 0 Å². The van der Waals surface area contributed by atoms with Crippen molar-refractivity contribution in [3.05, 3.63) is 35.6 Å². The van der Waals surface area contributed by atoms with E-state index in [9.17, 15) is 14.0 Å². The van der Waals surface area contributed by atoms with Gasteiger partial charge in [-0.25, -0.2) is 4.39 Å². The molecule has 5 heteroatoms. The first kappa shape index (κ1) is 12.5. The predicted octanol–water partition coefficient (Wildman–Crippen LogP) is 1.52. The number of carbonyl (C=O) groups is 2. The molecular weight excluding hydrogens is 237 g/mol. The third kappa shape index (κ3) is 2.67. The number of hydrogen-bond donors (Lipinski definition) is 2. The average Bonchev–Trinajstić information content (AvgIpc) is 3.09. The summed E-state index contributed by atoms with van der Waals surface area (Å²) in [7, 11) is 0. The smallest absolute Gasteiger partial charge is 0.325 e. The highest BCUT2D eigenvalue weighted by Gasteiger charge is 2.44. The molecule has 1 aliphatic carbocycles.